The summed E-state index contributed by atoms with van der Waals surface area (Å²) < 4.78 is 0.937. The molecule has 3 heterocycles. The molecule has 102 valence electrons. The van der Waals surface area contributed by atoms with E-state index in [4.69, 9.17) is 23.2 Å². The molecule has 0 bridgehead atoms. The van der Waals surface area contributed by atoms with Crippen molar-refractivity contribution in [3.05, 3.63) is 21.4 Å². The van der Waals surface area contributed by atoms with Crippen molar-refractivity contribution in [3.8, 4) is 0 Å². The Balaban J connectivity index is 1.80. The number of aromatic nitrogens is 2. The average Bonchev–Trinajstić information content (AvgIpc) is 2.75. The Morgan fingerprint density at radius 2 is 2.05 bits per heavy atom. The minimum Gasteiger partial charge on any atom is -0.298 e. The van der Waals surface area contributed by atoms with E-state index in [1.54, 1.807) is 11.3 Å². The quantitative estimate of drug-likeness (QED) is 0.613. The van der Waals surface area contributed by atoms with Gasteiger partial charge in [0.1, 0.15) is 0 Å². The summed E-state index contributed by atoms with van der Waals surface area (Å²) in [7, 11) is 0. The third-order valence-corrected chi connectivity index (χ3v) is 5.28. The lowest BCUT2D eigenvalue weighted by Gasteiger charge is -2.29. The molecule has 2 aromatic heterocycles. The number of thiophene rings is 1. The Morgan fingerprint density at radius 3 is 2.79 bits per heavy atom. The van der Waals surface area contributed by atoms with Gasteiger partial charge in [-0.3, -0.25) is 4.90 Å². The van der Waals surface area contributed by atoms with Gasteiger partial charge >= 0.3 is 0 Å². The van der Waals surface area contributed by atoms with Crippen LogP contribution >= 0.6 is 34.5 Å². The average molecular weight is 316 g/mol. The summed E-state index contributed by atoms with van der Waals surface area (Å²) in [6.07, 6.45) is 2.58. The van der Waals surface area contributed by atoms with E-state index in [1.165, 1.54) is 30.8 Å². The predicted octanol–water partition coefficient (Wildman–Crippen LogP) is 4.23. The highest BCUT2D eigenvalue weighted by molar-refractivity contribution is 7.19. The zero-order chi connectivity index (χ0) is 13.4. The number of hydrogen-bond donors (Lipinski definition) is 0. The van der Waals surface area contributed by atoms with Gasteiger partial charge in [-0.25, -0.2) is 9.97 Å². The molecule has 0 atom stereocenters. The van der Waals surface area contributed by atoms with Crippen LogP contribution in [0.3, 0.4) is 0 Å². The normalized spacial score (nSPS) is 18.3. The molecule has 1 fully saturated rings. The molecule has 0 spiro atoms. The molecule has 0 aliphatic carbocycles. The van der Waals surface area contributed by atoms with Gasteiger partial charge in [-0.15, -0.1) is 11.3 Å². The fourth-order valence-electron chi connectivity index (χ4n) is 2.44. The summed E-state index contributed by atoms with van der Waals surface area (Å²) in [5.74, 6) is 0.859. The first kappa shape index (κ1) is 13.6. The van der Waals surface area contributed by atoms with Gasteiger partial charge in [0.2, 0.25) is 5.28 Å². The smallest absolute Gasteiger partial charge is 0.224 e. The number of hydrogen-bond acceptors (Lipinski definition) is 4. The minimum atomic E-state index is 0.216. The summed E-state index contributed by atoms with van der Waals surface area (Å²) in [6.45, 7) is 5.65. The van der Waals surface area contributed by atoms with E-state index in [9.17, 15) is 0 Å². The van der Waals surface area contributed by atoms with Gasteiger partial charge in [0.05, 0.1) is 10.2 Å². The molecule has 0 amide bonds. The largest absolute Gasteiger partial charge is 0.298 e. The molecule has 0 aromatic carbocycles. The molecule has 1 aliphatic heterocycles. The highest BCUT2D eigenvalue weighted by Gasteiger charge is 2.17. The second-order valence-electron chi connectivity index (χ2n) is 5.17. The van der Waals surface area contributed by atoms with Crippen molar-refractivity contribution in [2.45, 2.75) is 26.3 Å². The lowest BCUT2D eigenvalue weighted by Crippen LogP contribution is -2.32. The van der Waals surface area contributed by atoms with Crippen LogP contribution < -0.4 is 0 Å². The number of halogens is 2. The van der Waals surface area contributed by atoms with Crippen LogP contribution in [0, 0.1) is 5.92 Å². The summed E-state index contributed by atoms with van der Waals surface area (Å²) in [6, 6.07) is 2.08. The van der Waals surface area contributed by atoms with E-state index < -0.39 is 0 Å². The van der Waals surface area contributed by atoms with Gasteiger partial charge in [0.25, 0.3) is 0 Å². The fraction of sp³-hybridized carbons (Fsp3) is 0.538. The van der Waals surface area contributed by atoms with Crippen molar-refractivity contribution in [1.82, 2.24) is 14.9 Å². The third kappa shape index (κ3) is 3.02. The summed E-state index contributed by atoms with van der Waals surface area (Å²) >= 11 is 13.6. The van der Waals surface area contributed by atoms with Crippen molar-refractivity contribution in [2.24, 2.45) is 5.92 Å². The van der Waals surface area contributed by atoms with Gasteiger partial charge in [-0.2, -0.15) is 0 Å². The molecule has 0 unspecified atom stereocenters. The first-order chi connectivity index (χ1) is 9.11. The molecule has 3 rings (SSSR count). The molecule has 3 nitrogen and oxygen atoms in total. The lowest BCUT2D eigenvalue weighted by atomic mass is 9.99. The first-order valence-corrected chi connectivity index (χ1v) is 8.03. The van der Waals surface area contributed by atoms with Crippen LogP contribution in [0.1, 0.15) is 24.6 Å². The number of rotatable bonds is 2. The maximum Gasteiger partial charge on any atom is 0.224 e. The highest BCUT2D eigenvalue weighted by atomic mass is 35.5. The van der Waals surface area contributed by atoms with E-state index in [0.717, 1.165) is 22.7 Å². The Bertz CT molecular complexity index is 591. The van der Waals surface area contributed by atoms with E-state index >= 15 is 0 Å². The number of nitrogens with zero attached hydrogens (tertiary/aromatic N) is 3. The number of fused-ring (bicyclic) bond motifs is 1. The van der Waals surface area contributed by atoms with Crippen LogP contribution in [0.5, 0.6) is 0 Å². The van der Waals surface area contributed by atoms with Crippen molar-refractivity contribution in [3.63, 3.8) is 0 Å². The van der Waals surface area contributed by atoms with Gasteiger partial charge in [-0.1, -0.05) is 18.5 Å². The lowest BCUT2D eigenvalue weighted by molar-refractivity contribution is 0.187. The summed E-state index contributed by atoms with van der Waals surface area (Å²) in [5, 5.41) is 0.673. The second kappa shape index (κ2) is 5.52. The van der Waals surface area contributed by atoms with E-state index in [-0.39, 0.29) is 5.28 Å². The standard InChI is InChI=1S/C13H15Cl2N3S/c1-8-2-4-18(5-3-8)7-9-6-10-11(19-9)12(14)17-13(15)16-10/h6,8H,2-5,7H2,1H3. The molecule has 1 saturated heterocycles. The van der Waals surface area contributed by atoms with Gasteiger partial charge in [-0.05, 0) is 49.5 Å². The first-order valence-electron chi connectivity index (χ1n) is 6.45. The molecule has 0 N–H and O–H groups in total. The highest BCUT2D eigenvalue weighted by Crippen LogP contribution is 2.31. The van der Waals surface area contributed by atoms with Crippen molar-refractivity contribution >= 4 is 44.8 Å². The molecule has 19 heavy (non-hydrogen) atoms. The van der Waals surface area contributed by atoms with Gasteiger partial charge in [0.15, 0.2) is 5.15 Å². The monoisotopic (exact) mass is 315 g/mol. The Kier molecular flexibility index (Phi) is 3.94. The molecule has 6 heteroatoms. The van der Waals surface area contributed by atoms with E-state index in [2.05, 4.69) is 27.9 Å². The van der Waals surface area contributed by atoms with E-state index in [1.807, 2.05) is 0 Å². The van der Waals surface area contributed by atoms with E-state index in [0.29, 0.717) is 5.15 Å². The second-order valence-corrected chi connectivity index (χ2v) is 7.00. The maximum absolute atomic E-state index is 6.10. The number of likely N-dealkylation sites (tertiary alicyclic amines) is 1. The zero-order valence-corrected chi connectivity index (χ0v) is 13.0. The Morgan fingerprint density at radius 1 is 1.32 bits per heavy atom. The van der Waals surface area contributed by atoms with Crippen LogP contribution in [-0.4, -0.2) is 28.0 Å². The Hall–Kier alpha value is -0.420. The maximum atomic E-state index is 6.10. The Labute approximate surface area is 126 Å². The van der Waals surface area contributed by atoms with Crippen molar-refractivity contribution in [1.29, 1.82) is 0 Å². The van der Waals surface area contributed by atoms with Crippen LogP contribution in [0.25, 0.3) is 10.2 Å². The molecule has 1 aliphatic rings. The van der Waals surface area contributed by atoms with Crippen LogP contribution in [0.15, 0.2) is 6.07 Å². The number of piperidine rings is 1. The molecule has 0 saturated carbocycles. The predicted molar refractivity (Wildman–Crippen MR) is 81.1 cm³/mol. The van der Waals surface area contributed by atoms with Gasteiger partial charge < -0.3 is 0 Å². The SMILES string of the molecule is CC1CCN(Cc2cc3nc(Cl)nc(Cl)c3s2)CC1. The summed E-state index contributed by atoms with van der Waals surface area (Å²) in [5.41, 5.74) is 0.857. The minimum absolute atomic E-state index is 0.216. The summed E-state index contributed by atoms with van der Waals surface area (Å²) in [4.78, 5) is 12.0. The van der Waals surface area contributed by atoms with Crippen LogP contribution in [-0.2, 0) is 6.54 Å². The molecule has 2 aromatic rings. The third-order valence-electron chi connectivity index (χ3n) is 3.61. The molecular formula is C13H15Cl2N3S. The van der Waals surface area contributed by atoms with Crippen LogP contribution in [0.4, 0.5) is 0 Å². The van der Waals surface area contributed by atoms with Crippen molar-refractivity contribution < 1.29 is 0 Å². The van der Waals surface area contributed by atoms with Gasteiger partial charge in [0, 0.05) is 11.4 Å². The zero-order valence-electron chi connectivity index (χ0n) is 10.7. The molecule has 0 radical (unpaired) electrons. The van der Waals surface area contributed by atoms with Crippen molar-refractivity contribution in [2.75, 3.05) is 13.1 Å². The molecular weight excluding hydrogens is 301 g/mol. The van der Waals surface area contributed by atoms with Crippen LogP contribution in [0.2, 0.25) is 10.4 Å². The fourth-order valence-corrected chi connectivity index (χ4v) is 3.97. The topological polar surface area (TPSA) is 29.0 Å².